The SMILES string of the molecule is CC(C)c1cc(Cl)c2cccc(Br)c2n1. The normalized spacial score (nSPS) is 11.3. The van der Waals surface area contributed by atoms with Gasteiger partial charge in [-0.25, -0.2) is 0 Å². The number of hydrogen-bond donors (Lipinski definition) is 0. The van der Waals surface area contributed by atoms with Crippen molar-refractivity contribution in [1.29, 1.82) is 0 Å². The predicted octanol–water partition coefficient (Wildman–Crippen LogP) is 4.77. The van der Waals surface area contributed by atoms with Crippen molar-refractivity contribution in [2.24, 2.45) is 0 Å². The molecule has 15 heavy (non-hydrogen) atoms. The highest BCUT2D eigenvalue weighted by molar-refractivity contribution is 9.10. The first-order valence-corrected chi connectivity index (χ1v) is 6.01. The lowest BCUT2D eigenvalue weighted by Crippen LogP contribution is -1.93. The van der Waals surface area contributed by atoms with Crippen LogP contribution in [0.5, 0.6) is 0 Å². The average molecular weight is 285 g/mol. The van der Waals surface area contributed by atoms with E-state index in [2.05, 4.69) is 34.8 Å². The van der Waals surface area contributed by atoms with Gasteiger partial charge in [0.25, 0.3) is 0 Å². The molecule has 0 aliphatic rings. The van der Waals surface area contributed by atoms with Crippen LogP contribution in [-0.4, -0.2) is 4.98 Å². The number of fused-ring (bicyclic) bond motifs is 1. The standard InChI is InChI=1S/C12H11BrClN/c1-7(2)11-6-10(14)8-4-3-5-9(13)12(8)15-11/h3-7H,1-2H3. The summed E-state index contributed by atoms with van der Waals surface area (Å²) in [5.41, 5.74) is 1.97. The molecule has 0 unspecified atom stereocenters. The molecule has 3 heteroatoms. The number of aromatic nitrogens is 1. The van der Waals surface area contributed by atoms with Crippen molar-refractivity contribution in [3.8, 4) is 0 Å². The molecule has 0 fully saturated rings. The third-order valence-electron chi connectivity index (χ3n) is 2.35. The second-order valence-electron chi connectivity index (χ2n) is 3.82. The van der Waals surface area contributed by atoms with E-state index >= 15 is 0 Å². The zero-order valence-electron chi connectivity index (χ0n) is 8.59. The molecule has 0 radical (unpaired) electrons. The first-order valence-electron chi connectivity index (χ1n) is 4.84. The van der Waals surface area contributed by atoms with Crippen molar-refractivity contribution in [2.75, 3.05) is 0 Å². The minimum absolute atomic E-state index is 0.388. The zero-order chi connectivity index (χ0) is 11.0. The number of hydrogen-bond acceptors (Lipinski definition) is 1. The average Bonchev–Trinajstić information content (AvgIpc) is 2.19. The maximum absolute atomic E-state index is 6.22. The first kappa shape index (κ1) is 10.9. The van der Waals surface area contributed by atoms with Crippen molar-refractivity contribution in [3.05, 3.63) is 39.5 Å². The smallest absolute Gasteiger partial charge is 0.0862 e. The molecule has 0 spiro atoms. The fourth-order valence-electron chi connectivity index (χ4n) is 1.49. The molecule has 1 nitrogen and oxygen atoms in total. The summed E-state index contributed by atoms with van der Waals surface area (Å²) in [6.07, 6.45) is 0. The van der Waals surface area contributed by atoms with Crippen LogP contribution in [0, 0.1) is 0 Å². The molecule has 0 saturated heterocycles. The van der Waals surface area contributed by atoms with Gasteiger partial charge >= 0.3 is 0 Å². The summed E-state index contributed by atoms with van der Waals surface area (Å²) in [4.78, 5) is 4.60. The molecule has 0 aliphatic carbocycles. The van der Waals surface area contributed by atoms with Gasteiger partial charge in [0, 0.05) is 15.6 Å². The highest BCUT2D eigenvalue weighted by Crippen LogP contribution is 2.30. The second-order valence-corrected chi connectivity index (χ2v) is 5.08. The second kappa shape index (κ2) is 4.11. The molecule has 1 aromatic carbocycles. The van der Waals surface area contributed by atoms with Crippen molar-refractivity contribution >= 4 is 38.4 Å². The van der Waals surface area contributed by atoms with Crippen molar-refractivity contribution in [1.82, 2.24) is 4.98 Å². The number of pyridine rings is 1. The molecule has 0 amide bonds. The Morgan fingerprint density at radius 3 is 2.73 bits per heavy atom. The van der Waals surface area contributed by atoms with Crippen LogP contribution in [0.25, 0.3) is 10.9 Å². The van der Waals surface area contributed by atoms with Gasteiger partial charge in [0.05, 0.1) is 10.5 Å². The largest absolute Gasteiger partial charge is 0.251 e. The fraction of sp³-hybridized carbons (Fsp3) is 0.250. The summed E-state index contributed by atoms with van der Waals surface area (Å²) in [6.45, 7) is 4.22. The molecule has 0 atom stereocenters. The van der Waals surface area contributed by atoms with Crippen molar-refractivity contribution in [2.45, 2.75) is 19.8 Å². The molecule has 0 bridgehead atoms. The van der Waals surface area contributed by atoms with Gasteiger partial charge < -0.3 is 0 Å². The Kier molecular flexibility index (Phi) is 2.98. The molecule has 78 valence electrons. The first-order chi connectivity index (χ1) is 7.09. The van der Waals surface area contributed by atoms with Gasteiger partial charge in [0.1, 0.15) is 0 Å². The van der Waals surface area contributed by atoms with E-state index in [0.717, 1.165) is 26.1 Å². The third kappa shape index (κ3) is 2.01. The number of para-hydroxylation sites is 1. The van der Waals surface area contributed by atoms with Gasteiger partial charge in [-0.3, -0.25) is 4.98 Å². The maximum atomic E-state index is 6.22. The lowest BCUT2D eigenvalue weighted by atomic mass is 10.1. The van der Waals surface area contributed by atoms with Gasteiger partial charge in [-0.15, -0.1) is 0 Å². The molecule has 2 aromatic rings. The van der Waals surface area contributed by atoms with Gasteiger partial charge in [0.15, 0.2) is 0 Å². The maximum Gasteiger partial charge on any atom is 0.0862 e. The lowest BCUT2D eigenvalue weighted by molar-refractivity contribution is 0.830. The summed E-state index contributed by atoms with van der Waals surface area (Å²) >= 11 is 9.71. The number of halogens is 2. The van der Waals surface area contributed by atoms with E-state index in [9.17, 15) is 0 Å². The van der Waals surface area contributed by atoms with E-state index in [1.165, 1.54) is 0 Å². The Labute approximate surface area is 103 Å². The van der Waals surface area contributed by atoms with Gasteiger partial charge in [-0.05, 0) is 34.0 Å². The van der Waals surface area contributed by atoms with Crippen molar-refractivity contribution < 1.29 is 0 Å². The third-order valence-corrected chi connectivity index (χ3v) is 3.30. The summed E-state index contributed by atoms with van der Waals surface area (Å²) in [5, 5.41) is 1.76. The van der Waals surface area contributed by atoms with Crippen LogP contribution < -0.4 is 0 Å². The Morgan fingerprint density at radius 1 is 1.33 bits per heavy atom. The van der Waals surface area contributed by atoms with Crippen molar-refractivity contribution in [3.63, 3.8) is 0 Å². The molecular weight excluding hydrogens is 273 g/mol. The molecule has 2 rings (SSSR count). The van der Waals surface area contributed by atoms with E-state index in [-0.39, 0.29) is 0 Å². The molecule has 0 N–H and O–H groups in total. The number of nitrogens with zero attached hydrogens (tertiary/aromatic N) is 1. The zero-order valence-corrected chi connectivity index (χ0v) is 10.9. The van der Waals surface area contributed by atoms with Gasteiger partial charge in [-0.1, -0.05) is 37.6 Å². The predicted molar refractivity (Wildman–Crippen MR) is 68.5 cm³/mol. The van der Waals surface area contributed by atoms with Crippen LogP contribution in [0.3, 0.4) is 0 Å². The number of rotatable bonds is 1. The van der Waals surface area contributed by atoms with Crippen LogP contribution in [0.4, 0.5) is 0 Å². The molecule has 0 saturated carbocycles. The van der Waals surface area contributed by atoms with Crippen LogP contribution in [0.1, 0.15) is 25.5 Å². The highest BCUT2D eigenvalue weighted by Gasteiger charge is 2.08. The Hall–Kier alpha value is -0.600. The monoisotopic (exact) mass is 283 g/mol. The summed E-state index contributed by atoms with van der Waals surface area (Å²) in [7, 11) is 0. The van der Waals surface area contributed by atoms with E-state index in [4.69, 9.17) is 11.6 Å². The molecule has 1 heterocycles. The van der Waals surface area contributed by atoms with Crippen LogP contribution in [0.2, 0.25) is 5.02 Å². The Balaban J connectivity index is 2.80. The van der Waals surface area contributed by atoms with Crippen LogP contribution >= 0.6 is 27.5 Å². The summed E-state index contributed by atoms with van der Waals surface area (Å²) < 4.78 is 0.990. The quantitative estimate of drug-likeness (QED) is 0.735. The minimum atomic E-state index is 0.388. The summed E-state index contributed by atoms with van der Waals surface area (Å²) in [5.74, 6) is 0.388. The van der Waals surface area contributed by atoms with E-state index in [0.29, 0.717) is 5.92 Å². The fourth-order valence-corrected chi connectivity index (χ4v) is 2.21. The Morgan fingerprint density at radius 2 is 2.07 bits per heavy atom. The van der Waals surface area contributed by atoms with E-state index < -0.39 is 0 Å². The lowest BCUT2D eigenvalue weighted by Gasteiger charge is -2.08. The number of benzene rings is 1. The van der Waals surface area contributed by atoms with E-state index in [1.54, 1.807) is 0 Å². The summed E-state index contributed by atoms with van der Waals surface area (Å²) in [6, 6.07) is 7.88. The highest BCUT2D eigenvalue weighted by atomic mass is 79.9. The van der Waals surface area contributed by atoms with E-state index in [1.807, 2.05) is 24.3 Å². The van der Waals surface area contributed by atoms with Crippen LogP contribution in [0.15, 0.2) is 28.7 Å². The molecular formula is C12H11BrClN. The molecule has 1 aromatic heterocycles. The van der Waals surface area contributed by atoms with Crippen LogP contribution in [-0.2, 0) is 0 Å². The Bertz CT molecular complexity index is 508. The minimum Gasteiger partial charge on any atom is -0.251 e. The topological polar surface area (TPSA) is 12.9 Å². The van der Waals surface area contributed by atoms with Gasteiger partial charge in [-0.2, -0.15) is 0 Å². The molecule has 0 aliphatic heterocycles. The van der Waals surface area contributed by atoms with Gasteiger partial charge in [0.2, 0.25) is 0 Å².